The van der Waals surface area contributed by atoms with E-state index < -0.39 is 0 Å². The largest absolute Gasteiger partial charge is 0.497 e. The van der Waals surface area contributed by atoms with Crippen LogP contribution in [0.1, 0.15) is 11.4 Å². The van der Waals surface area contributed by atoms with Crippen LogP contribution in [-0.4, -0.2) is 17.1 Å². The lowest BCUT2D eigenvalue weighted by atomic mass is 9.95. The SMILES string of the molecule is COc1ccc2c(c1)c(CN=[N+]=[N-])nc1ccc3c(C)nc4ccccc4c3c12. The van der Waals surface area contributed by atoms with Gasteiger partial charge in [0.2, 0.25) is 0 Å². The number of nitrogens with zero attached hydrogens (tertiary/aromatic N) is 5. The van der Waals surface area contributed by atoms with Gasteiger partial charge >= 0.3 is 0 Å². The molecule has 29 heavy (non-hydrogen) atoms. The summed E-state index contributed by atoms with van der Waals surface area (Å²) in [4.78, 5) is 12.6. The van der Waals surface area contributed by atoms with Gasteiger partial charge in [-0.1, -0.05) is 29.4 Å². The van der Waals surface area contributed by atoms with Crippen LogP contribution in [0.15, 0.2) is 59.7 Å². The normalized spacial score (nSPS) is 11.2. The zero-order valence-corrected chi connectivity index (χ0v) is 16.0. The highest BCUT2D eigenvalue weighted by atomic mass is 16.5. The van der Waals surface area contributed by atoms with Crippen LogP contribution in [0.3, 0.4) is 0 Å². The highest BCUT2D eigenvalue weighted by Gasteiger charge is 2.15. The lowest BCUT2D eigenvalue weighted by molar-refractivity contribution is 0.415. The van der Waals surface area contributed by atoms with Gasteiger partial charge in [0.25, 0.3) is 0 Å². The minimum absolute atomic E-state index is 0.185. The van der Waals surface area contributed by atoms with Gasteiger partial charge in [0.15, 0.2) is 0 Å². The maximum atomic E-state index is 8.80. The van der Waals surface area contributed by atoms with Gasteiger partial charge in [0, 0.05) is 37.5 Å². The summed E-state index contributed by atoms with van der Waals surface area (Å²) in [5.74, 6) is 0.740. The molecule has 2 heterocycles. The Morgan fingerprint density at radius 3 is 2.55 bits per heavy atom. The number of para-hydroxylation sites is 1. The number of aromatic nitrogens is 2. The molecule has 0 N–H and O–H groups in total. The fourth-order valence-corrected chi connectivity index (χ4v) is 4.09. The third kappa shape index (κ3) is 2.62. The molecular formula is C23H17N5O. The van der Waals surface area contributed by atoms with Crippen LogP contribution in [0, 0.1) is 6.92 Å². The number of hydrogen-bond acceptors (Lipinski definition) is 4. The molecule has 0 aliphatic rings. The first-order valence-corrected chi connectivity index (χ1v) is 9.30. The van der Waals surface area contributed by atoms with Crippen LogP contribution in [-0.2, 0) is 6.54 Å². The molecule has 0 saturated heterocycles. The fraction of sp³-hybridized carbons (Fsp3) is 0.130. The first kappa shape index (κ1) is 17.2. The van der Waals surface area contributed by atoms with E-state index in [1.807, 2.05) is 43.3 Å². The monoisotopic (exact) mass is 379 g/mol. The van der Waals surface area contributed by atoms with E-state index in [9.17, 15) is 0 Å². The van der Waals surface area contributed by atoms with Crippen LogP contribution in [0.5, 0.6) is 5.75 Å². The van der Waals surface area contributed by atoms with Gasteiger partial charge in [-0.25, -0.2) is 0 Å². The van der Waals surface area contributed by atoms with E-state index in [0.717, 1.165) is 60.5 Å². The molecule has 5 aromatic rings. The zero-order chi connectivity index (χ0) is 20.0. The predicted molar refractivity (Wildman–Crippen MR) is 116 cm³/mol. The molecule has 0 unspecified atom stereocenters. The van der Waals surface area contributed by atoms with Crippen molar-refractivity contribution in [1.29, 1.82) is 0 Å². The van der Waals surface area contributed by atoms with Crippen molar-refractivity contribution in [2.75, 3.05) is 7.11 Å². The molecule has 140 valence electrons. The first-order valence-electron chi connectivity index (χ1n) is 9.30. The zero-order valence-electron chi connectivity index (χ0n) is 16.0. The summed E-state index contributed by atoms with van der Waals surface area (Å²) in [6.45, 7) is 2.22. The number of benzene rings is 3. The first-order chi connectivity index (χ1) is 14.2. The van der Waals surface area contributed by atoms with Crippen LogP contribution in [0.4, 0.5) is 0 Å². The molecule has 2 aromatic heterocycles. The maximum absolute atomic E-state index is 8.80. The van der Waals surface area contributed by atoms with Crippen molar-refractivity contribution in [3.05, 3.63) is 76.4 Å². The summed E-state index contributed by atoms with van der Waals surface area (Å²) < 4.78 is 5.43. The van der Waals surface area contributed by atoms with E-state index in [1.165, 1.54) is 0 Å². The van der Waals surface area contributed by atoms with E-state index >= 15 is 0 Å². The highest BCUT2D eigenvalue weighted by molar-refractivity contribution is 6.26. The van der Waals surface area contributed by atoms with E-state index in [-0.39, 0.29) is 6.54 Å². The molecule has 0 saturated carbocycles. The Morgan fingerprint density at radius 2 is 1.72 bits per heavy atom. The van der Waals surface area contributed by atoms with Crippen molar-refractivity contribution in [3.63, 3.8) is 0 Å². The Hall–Kier alpha value is -3.89. The average molecular weight is 379 g/mol. The molecule has 0 radical (unpaired) electrons. The topological polar surface area (TPSA) is 83.8 Å². The number of azide groups is 1. The molecule has 0 amide bonds. The lowest BCUT2D eigenvalue weighted by Crippen LogP contribution is -1.96. The number of rotatable bonds is 3. The molecule has 6 nitrogen and oxygen atoms in total. The van der Waals surface area contributed by atoms with Gasteiger partial charge < -0.3 is 4.74 Å². The third-order valence-electron chi connectivity index (χ3n) is 5.38. The van der Waals surface area contributed by atoms with Crippen molar-refractivity contribution >= 4 is 43.4 Å². The summed E-state index contributed by atoms with van der Waals surface area (Å²) in [5.41, 5.74) is 12.4. The Labute approximate surface area is 166 Å². The Balaban J connectivity index is 2.06. The number of aryl methyl sites for hydroxylation is 1. The second-order valence-corrected chi connectivity index (χ2v) is 6.96. The smallest absolute Gasteiger partial charge is 0.119 e. The summed E-state index contributed by atoms with van der Waals surface area (Å²) >= 11 is 0. The van der Waals surface area contributed by atoms with E-state index in [1.54, 1.807) is 7.11 Å². The van der Waals surface area contributed by atoms with Gasteiger partial charge in [0.05, 0.1) is 30.4 Å². The van der Waals surface area contributed by atoms with E-state index in [0.29, 0.717) is 0 Å². The molecule has 0 aliphatic carbocycles. The number of hydrogen-bond donors (Lipinski definition) is 0. The van der Waals surface area contributed by atoms with Crippen molar-refractivity contribution in [2.24, 2.45) is 5.11 Å². The molecule has 0 bridgehead atoms. The van der Waals surface area contributed by atoms with E-state index in [2.05, 4.69) is 28.2 Å². The second kappa shape index (κ2) is 6.62. The molecule has 0 spiro atoms. The molecule has 0 atom stereocenters. The van der Waals surface area contributed by atoms with Crippen LogP contribution in [0.25, 0.3) is 53.8 Å². The quantitative estimate of drug-likeness (QED) is 0.161. The van der Waals surface area contributed by atoms with Gasteiger partial charge in [-0.05, 0) is 48.2 Å². The minimum Gasteiger partial charge on any atom is -0.497 e. The molecule has 3 aromatic carbocycles. The van der Waals surface area contributed by atoms with Gasteiger partial charge in [-0.2, -0.15) is 0 Å². The standard InChI is InChI=1S/C23H17N5O/c1-13-15-9-10-20-23(22(15)17-5-3-4-6-19(17)26-13)16-8-7-14(29-2)11-18(16)21(27-20)12-25-28-24/h3-11H,12H2,1-2H3. The number of methoxy groups -OCH3 is 1. The summed E-state index contributed by atoms with van der Waals surface area (Å²) in [6, 6.07) is 18.2. The Kier molecular flexibility index (Phi) is 3.93. The van der Waals surface area contributed by atoms with Crippen molar-refractivity contribution < 1.29 is 4.74 Å². The Morgan fingerprint density at radius 1 is 0.897 bits per heavy atom. The highest BCUT2D eigenvalue weighted by Crippen LogP contribution is 2.38. The molecule has 0 aliphatic heterocycles. The van der Waals surface area contributed by atoms with Crippen LogP contribution >= 0.6 is 0 Å². The predicted octanol–water partition coefficient (Wildman–Crippen LogP) is 6.22. The summed E-state index contributed by atoms with van der Waals surface area (Å²) in [7, 11) is 1.64. The van der Waals surface area contributed by atoms with Crippen molar-refractivity contribution in [2.45, 2.75) is 13.5 Å². The molecule has 6 heteroatoms. The van der Waals surface area contributed by atoms with Crippen molar-refractivity contribution in [3.8, 4) is 5.75 Å². The van der Waals surface area contributed by atoms with Crippen LogP contribution in [0.2, 0.25) is 0 Å². The number of fused-ring (bicyclic) bond motifs is 7. The van der Waals surface area contributed by atoms with E-state index in [4.69, 9.17) is 20.2 Å². The minimum atomic E-state index is 0.185. The van der Waals surface area contributed by atoms with Gasteiger partial charge in [-0.15, -0.1) is 0 Å². The molecule has 0 fully saturated rings. The molecular weight excluding hydrogens is 362 g/mol. The maximum Gasteiger partial charge on any atom is 0.119 e. The summed E-state index contributed by atoms with van der Waals surface area (Å²) in [6.07, 6.45) is 0. The van der Waals surface area contributed by atoms with Crippen LogP contribution < -0.4 is 4.74 Å². The Bertz CT molecular complexity index is 1490. The molecule has 5 rings (SSSR count). The third-order valence-corrected chi connectivity index (χ3v) is 5.38. The van der Waals surface area contributed by atoms with Gasteiger partial charge in [0.1, 0.15) is 5.75 Å². The number of ether oxygens (including phenoxy) is 1. The lowest BCUT2D eigenvalue weighted by Gasteiger charge is -2.14. The van der Waals surface area contributed by atoms with Gasteiger partial charge in [-0.3, -0.25) is 9.97 Å². The van der Waals surface area contributed by atoms with Crippen molar-refractivity contribution in [1.82, 2.24) is 9.97 Å². The fourth-order valence-electron chi connectivity index (χ4n) is 4.09. The summed E-state index contributed by atoms with van der Waals surface area (Å²) in [5, 5.41) is 10.2. The number of pyridine rings is 2. The average Bonchev–Trinajstić information content (AvgIpc) is 2.76. The second-order valence-electron chi connectivity index (χ2n) is 6.96.